The largest absolute Gasteiger partial charge is 0.395 e. The summed E-state index contributed by atoms with van der Waals surface area (Å²) in [6.45, 7) is 3.77. The van der Waals surface area contributed by atoms with Crippen LogP contribution in [0.25, 0.3) is 0 Å². The van der Waals surface area contributed by atoms with Crippen LogP contribution >= 0.6 is 0 Å². The minimum Gasteiger partial charge on any atom is -0.395 e. The van der Waals surface area contributed by atoms with Crippen LogP contribution in [0.2, 0.25) is 0 Å². The highest BCUT2D eigenvalue weighted by Gasteiger charge is 2.27. The van der Waals surface area contributed by atoms with Crippen molar-refractivity contribution in [1.29, 1.82) is 0 Å². The predicted molar refractivity (Wildman–Crippen MR) is 57.2 cm³/mol. The van der Waals surface area contributed by atoms with Crippen molar-refractivity contribution in [3.8, 4) is 0 Å². The van der Waals surface area contributed by atoms with Gasteiger partial charge in [-0.2, -0.15) is 0 Å². The van der Waals surface area contributed by atoms with Crippen LogP contribution in [-0.4, -0.2) is 22.9 Å². The molecule has 0 heterocycles. The number of aliphatic hydroxyl groups is 2. The fourth-order valence-corrected chi connectivity index (χ4v) is 1.77. The lowest BCUT2D eigenvalue weighted by molar-refractivity contribution is 0.115. The van der Waals surface area contributed by atoms with Gasteiger partial charge >= 0.3 is 0 Å². The molecule has 2 N–H and O–H groups in total. The molecule has 1 rings (SSSR count). The Balaban J connectivity index is 2.90. The second-order valence-electron chi connectivity index (χ2n) is 4.14. The molecule has 0 radical (unpaired) electrons. The number of aliphatic hydroxyl groups excluding tert-OH is 2. The summed E-state index contributed by atoms with van der Waals surface area (Å²) in [6, 6.07) is 9.82. The highest BCUT2D eigenvalue weighted by molar-refractivity contribution is 5.24. The summed E-state index contributed by atoms with van der Waals surface area (Å²) in [7, 11) is 0. The normalized spacial score (nSPS) is 17.4. The Hall–Kier alpha value is -0.860. The minimum atomic E-state index is -0.396. The van der Waals surface area contributed by atoms with Gasteiger partial charge in [0.15, 0.2) is 0 Å². The summed E-state index contributed by atoms with van der Waals surface area (Å²) < 4.78 is 0. The monoisotopic (exact) mass is 194 g/mol. The molecule has 1 unspecified atom stereocenters. The molecular formula is C12H18O2. The van der Waals surface area contributed by atoms with Crippen molar-refractivity contribution < 1.29 is 10.2 Å². The first-order chi connectivity index (χ1) is 6.58. The van der Waals surface area contributed by atoms with Crippen molar-refractivity contribution in [3.05, 3.63) is 35.9 Å². The van der Waals surface area contributed by atoms with Crippen LogP contribution in [0.1, 0.15) is 25.8 Å². The maximum Gasteiger partial charge on any atom is 0.0526 e. The Bertz CT molecular complexity index is 269. The van der Waals surface area contributed by atoms with Crippen molar-refractivity contribution in [2.75, 3.05) is 6.61 Å². The highest BCUT2D eigenvalue weighted by Crippen LogP contribution is 2.28. The average molecular weight is 194 g/mol. The summed E-state index contributed by atoms with van der Waals surface area (Å²) in [5, 5.41) is 18.7. The van der Waals surface area contributed by atoms with Crippen LogP contribution in [0.4, 0.5) is 0 Å². The molecule has 14 heavy (non-hydrogen) atoms. The molecule has 0 amide bonds. The number of hydrogen-bond donors (Lipinski definition) is 2. The molecule has 0 spiro atoms. The molecule has 0 bridgehead atoms. The van der Waals surface area contributed by atoms with E-state index in [1.54, 1.807) is 6.92 Å². The first-order valence-electron chi connectivity index (χ1n) is 4.93. The van der Waals surface area contributed by atoms with Crippen molar-refractivity contribution >= 4 is 0 Å². The Morgan fingerprint density at radius 1 is 1.29 bits per heavy atom. The Labute approximate surface area is 85.2 Å². The van der Waals surface area contributed by atoms with Gasteiger partial charge in [0.05, 0.1) is 12.7 Å². The molecule has 78 valence electrons. The van der Waals surface area contributed by atoms with Crippen LogP contribution in [-0.2, 0) is 5.41 Å². The molecule has 2 heteroatoms. The fourth-order valence-electron chi connectivity index (χ4n) is 1.77. The lowest BCUT2D eigenvalue weighted by Crippen LogP contribution is -2.30. The van der Waals surface area contributed by atoms with Gasteiger partial charge in [0.1, 0.15) is 0 Å². The summed E-state index contributed by atoms with van der Waals surface area (Å²) >= 11 is 0. The van der Waals surface area contributed by atoms with Gasteiger partial charge in [0, 0.05) is 5.41 Å². The Kier molecular flexibility index (Phi) is 3.67. The lowest BCUT2D eigenvalue weighted by atomic mass is 9.79. The third-order valence-electron chi connectivity index (χ3n) is 2.57. The molecule has 1 aromatic carbocycles. The van der Waals surface area contributed by atoms with E-state index in [9.17, 15) is 10.2 Å². The quantitative estimate of drug-likeness (QED) is 0.766. The van der Waals surface area contributed by atoms with E-state index in [2.05, 4.69) is 0 Å². The summed E-state index contributed by atoms with van der Waals surface area (Å²) in [5.74, 6) is 0. The van der Waals surface area contributed by atoms with E-state index in [0.717, 1.165) is 5.56 Å². The summed E-state index contributed by atoms with van der Waals surface area (Å²) in [4.78, 5) is 0. The number of benzene rings is 1. The van der Waals surface area contributed by atoms with E-state index < -0.39 is 6.10 Å². The van der Waals surface area contributed by atoms with Gasteiger partial charge in [-0.3, -0.25) is 0 Å². The predicted octanol–water partition coefficient (Wildman–Crippen LogP) is 1.71. The van der Waals surface area contributed by atoms with Gasteiger partial charge in [-0.15, -0.1) is 0 Å². The first-order valence-corrected chi connectivity index (χ1v) is 4.93. The molecule has 0 fully saturated rings. The maximum absolute atomic E-state index is 9.38. The number of rotatable bonds is 4. The first kappa shape index (κ1) is 11.2. The molecule has 0 aliphatic carbocycles. The Morgan fingerprint density at radius 3 is 2.29 bits per heavy atom. The summed E-state index contributed by atoms with van der Waals surface area (Å²) in [5.41, 5.74) is 0.735. The number of hydrogen-bond acceptors (Lipinski definition) is 2. The summed E-state index contributed by atoms with van der Waals surface area (Å²) in [6.07, 6.45) is 0.181. The zero-order valence-corrected chi connectivity index (χ0v) is 8.77. The molecule has 0 saturated heterocycles. The van der Waals surface area contributed by atoms with E-state index >= 15 is 0 Å². The van der Waals surface area contributed by atoms with E-state index in [4.69, 9.17) is 0 Å². The molecule has 0 aromatic heterocycles. The van der Waals surface area contributed by atoms with Gasteiger partial charge in [-0.1, -0.05) is 37.3 Å². The van der Waals surface area contributed by atoms with Crippen LogP contribution in [0, 0.1) is 0 Å². The van der Waals surface area contributed by atoms with Crippen LogP contribution in [0.3, 0.4) is 0 Å². The standard InChI is InChI=1S/C12H18O2/c1-10(14)8-12(2,9-13)11-6-4-3-5-7-11/h3-7,10,13-14H,8-9H2,1-2H3/t10-,12?/m0/s1. The minimum absolute atomic E-state index is 0.0575. The van der Waals surface area contributed by atoms with Crippen LogP contribution in [0.5, 0.6) is 0 Å². The van der Waals surface area contributed by atoms with Gasteiger partial charge in [-0.25, -0.2) is 0 Å². The SMILES string of the molecule is C[C@H](O)CC(C)(CO)c1ccccc1. The smallest absolute Gasteiger partial charge is 0.0526 e. The lowest BCUT2D eigenvalue weighted by Gasteiger charge is -2.29. The molecule has 0 saturated carbocycles. The maximum atomic E-state index is 9.38. The zero-order chi connectivity index (χ0) is 10.6. The third-order valence-corrected chi connectivity index (χ3v) is 2.57. The molecule has 2 nitrogen and oxygen atoms in total. The van der Waals surface area contributed by atoms with Crippen molar-refractivity contribution in [3.63, 3.8) is 0 Å². The van der Waals surface area contributed by atoms with E-state index in [1.807, 2.05) is 37.3 Å². The Morgan fingerprint density at radius 2 is 1.86 bits per heavy atom. The second-order valence-corrected chi connectivity index (χ2v) is 4.14. The van der Waals surface area contributed by atoms with Crippen molar-refractivity contribution in [1.82, 2.24) is 0 Å². The molecule has 0 aliphatic heterocycles. The third kappa shape index (κ3) is 2.56. The molecule has 1 aromatic rings. The molecular weight excluding hydrogens is 176 g/mol. The van der Waals surface area contributed by atoms with Gasteiger partial charge in [-0.05, 0) is 18.9 Å². The van der Waals surface area contributed by atoms with E-state index in [-0.39, 0.29) is 12.0 Å². The second kappa shape index (κ2) is 4.58. The van der Waals surface area contributed by atoms with E-state index in [1.165, 1.54) is 0 Å². The fraction of sp³-hybridized carbons (Fsp3) is 0.500. The van der Waals surface area contributed by atoms with Crippen LogP contribution in [0.15, 0.2) is 30.3 Å². The van der Waals surface area contributed by atoms with E-state index in [0.29, 0.717) is 6.42 Å². The van der Waals surface area contributed by atoms with Crippen molar-refractivity contribution in [2.45, 2.75) is 31.8 Å². The topological polar surface area (TPSA) is 40.5 Å². The van der Waals surface area contributed by atoms with Gasteiger partial charge in [0.25, 0.3) is 0 Å². The van der Waals surface area contributed by atoms with Crippen LogP contribution < -0.4 is 0 Å². The molecule has 0 aliphatic rings. The van der Waals surface area contributed by atoms with Crippen molar-refractivity contribution in [2.24, 2.45) is 0 Å². The van der Waals surface area contributed by atoms with Gasteiger partial charge in [0.2, 0.25) is 0 Å². The average Bonchev–Trinajstić information content (AvgIpc) is 2.18. The highest BCUT2D eigenvalue weighted by atomic mass is 16.3. The zero-order valence-electron chi connectivity index (χ0n) is 8.77. The van der Waals surface area contributed by atoms with Gasteiger partial charge < -0.3 is 10.2 Å². The molecule has 2 atom stereocenters.